The van der Waals surface area contributed by atoms with Crippen LogP contribution in [0.15, 0.2) is 48.8 Å². The Morgan fingerprint density at radius 2 is 2.05 bits per heavy atom. The van der Waals surface area contributed by atoms with Crippen LogP contribution in [-0.4, -0.2) is 26.9 Å². The van der Waals surface area contributed by atoms with Gasteiger partial charge < -0.3 is 10.0 Å². The van der Waals surface area contributed by atoms with Crippen LogP contribution in [0, 0.1) is 5.82 Å². The Kier molecular flexibility index (Phi) is 4.15. The topological polar surface area (TPSA) is 53.4 Å². The van der Waals surface area contributed by atoms with Gasteiger partial charge in [0, 0.05) is 25.0 Å². The Morgan fingerprint density at radius 3 is 2.64 bits per heavy atom. The van der Waals surface area contributed by atoms with Crippen molar-refractivity contribution in [3.8, 4) is 0 Å². The van der Waals surface area contributed by atoms with Crippen LogP contribution in [0.25, 0.3) is 0 Å². The van der Waals surface area contributed by atoms with Crippen LogP contribution in [-0.2, 0) is 11.3 Å². The molecule has 1 aliphatic rings. The van der Waals surface area contributed by atoms with E-state index in [0.717, 1.165) is 18.4 Å². The van der Waals surface area contributed by atoms with Crippen molar-refractivity contribution in [3.05, 3.63) is 65.7 Å². The number of carbonyl (C=O) groups is 1. The van der Waals surface area contributed by atoms with E-state index in [1.165, 1.54) is 24.3 Å². The maximum Gasteiger partial charge on any atom is 0.256 e. The molecule has 0 unspecified atom stereocenters. The zero-order valence-corrected chi connectivity index (χ0v) is 12.0. The molecular formula is C17H17FN2O2. The molecule has 0 aliphatic heterocycles. The lowest BCUT2D eigenvalue weighted by Gasteiger charge is -2.25. The second-order valence-electron chi connectivity index (χ2n) is 5.51. The molecule has 1 N–H and O–H groups in total. The van der Waals surface area contributed by atoms with Gasteiger partial charge in [0.15, 0.2) is 6.10 Å². The van der Waals surface area contributed by atoms with Crippen LogP contribution < -0.4 is 0 Å². The fourth-order valence-electron chi connectivity index (χ4n) is 2.41. The highest BCUT2D eigenvalue weighted by Gasteiger charge is 2.35. The molecule has 1 heterocycles. The van der Waals surface area contributed by atoms with Crippen LogP contribution in [0.5, 0.6) is 0 Å². The van der Waals surface area contributed by atoms with Gasteiger partial charge in [-0.2, -0.15) is 0 Å². The molecule has 1 aromatic carbocycles. The molecule has 0 bridgehead atoms. The molecule has 0 spiro atoms. The highest BCUT2D eigenvalue weighted by atomic mass is 19.1. The third-order valence-corrected chi connectivity index (χ3v) is 3.77. The summed E-state index contributed by atoms with van der Waals surface area (Å²) in [6.07, 6.45) is 4.02. The number of nitrogens with zero attached hydrogens (tertiary/aromatic N) is 2. The first-order valence-electron chi connectivity index (χ1n) is 7.28. The lowest BCUT2D eigenvalue weighted by molar-refractivity contribution is -0.141. The predicted octanol–water partition coefficient (Wildman–Crippen LogP) is 2.45. The molecule has 0 radical (unpaired) electrons. The van der Waals surface area contributed by atoms with Gasteiger partial charge in [-0.1, -0.05) is 18.2 Å². The molecule has 1 aromatic heterocycles. The molecule has 1 atom stereocenters. The summed E-state index contributed by atoms with van der Waals surface area (Å²) < 4.78 is 13.0. The summed E-state index contributed by atoms with van der Waals surface area (Å²) in [5, 5.41) is 10.3. The highest BCUT2D eigenvalue weighted by Crippen LogP contribution is 2.31. The van der Waals surface area contributed by atoms with E-state index >= 15 is 0 Å². The molecule has 114 valence electrons. The number of rotatable bonds is 5. The Hall–Kier alpha value is -2.27. The largest absolute Gasteiger partial charge is 0.378 e. The minimum atomic E-state index is -1.27. The number of amides is 1. The fraction of sp³-hybridized carbons (Fsp3) is 0.294. The van der Waals surface area contributed by atoms with Crippen molar-refractivity contribution in [1.82, 2.24) is 9.88 Å². The zero-order chi connectivity index (χ0) is 15.5. The summed E-state index contributed by atoms with van der Waals surface area (Å²) >= 11 is 0. The number of hydrogen-bond acceptors (Lipinski definition) is 3. The van der Waals surface area contributed by atoms with Crippen molar-refractivity contribution in [2.45, 2.75) is 31.5 Å². The van der Waals surface area contributed by atoms with Crippen molar-refractivity contribution in [2.24, 2.45) is 0 Å². The molecule has 1 fully saturated rings. The summed E-state index contributed by atoms with van der Waals surface area (Å²) in [5.41, 5.74) is 1.33. The van der Waals surface area contributed by atoms with Gasteiger partial charge in [0.1, 0.15) is 5.82 Å². The summed E-state index contributed by atoms with van der Waals surface area (Å²) in [7, 11) is 0. The smallest absolute Gasteiger partial charge is 0.256 e. The first kappa shape index (κ1) is 14.7. The SMILES string of the molecule is O=C([C@@H](O)c1ccc(F)cc1)N(Cc1cccnc1)C1CC1. The van der Waals surface area contributed by atoms with E-state index in [1.807, 2.05) is 12.1 Å². The summed E-state index contributed by atoms with van der Waals surface area (Å²) in [4.78, 5) is 18.3. The maximum atomic E-state index is 13.0. The van der Waals surface area contributed by atoms with Gasteiger partial charge in [-0.25, -0.2) is 4.39 Å². The Bertz CT molecular complexity index is 641. The second kappa shape index (κ2) is 6.23. The van der Waals surface area contributed by atoms with Gasteiger partial charge in [-0.05, 0) is 42.2 Å². The number of carbonyl (C=O) groups excluding carboxylic acids is 1. The van der Waals surface area contributed by atoms with Gasteiger partial charge in [-0.3, -0.25) is 9.78 Å². The quantitative estimate of drug-likeness (QED) is 0.923. The van der Waals surface area contributed by atoms with Gasteiger partial charge in [0.25, 0.3) is 5.91 Å². The van der Waals surface area contributed by atoms with Crippen LogP contribution in [0.2, 0.25) is 0 Å². The molecule has 1 amide bonds. The van der Waals surface area contributed by atoms with Gasteiger partial charge in [-0.15, -0.1) is 0 Å². The Labute approximate surface area is 128 Å². The highest BCUT2D eigenvalue weighted by molar-refractivity contribution is 5.82. The number of hydrogen-bond donors (Lipinski definition) is 1. The normalized spacial score (nSPS) is 15.4. The minimum absolute atomic E-state index is 0.169. The monoisotopic (exact) mass is 300 g/mol. The van der Waals surface area contributed by atoms with Crippen LogP contribution in [0.1, 0.15) is 30.1 Å². The molecule has 22 heavy (non-hydrogen) atoms. The summed E-state index contributed by atoms with van der Waals surface area (Å²) in [5.74, 6) is -0.740. The number of aliphatic hydroxyl groups is 1. The van der Waals surface area contributed by atoms with Crippen molar-refractivity contribution >= 4 is 5.91 Å². The van der Waals surface area contributed by atoms with Crippen LogP contribution >= 0.6 is 0 Å². The maximum absolute atomic E-state index is 13.0. The molecule has 3 rings (SSSR count). The van der Waals surface area contributed by atoms with Gasteiger partial charge >= 0.3 is 0 Å². The van der Waals surface area contributed by atoms with E-state index in [2.05, 4.69) is 4.98 Å². The standard InChI is InChI=1S/C17H17FN2O2/c18-14-5-3-13(4-6-14)16(21)17(22)20(15-7-8-15)11-12-2-1-9-19-10-12/h1-6,9-10,15-16,21H,7-8,11H2/t16-/m0/s1. The minimum Gasteiger partial charge on any atom is -0.378 e. The average Bonchev–Trinajstić information content (AvgIpc) is 3.38. The molecule has 1 saturated carbocycles. The van der Waals surface area contributed by atoms with Crippen molar-refractivity contribution in [3.63, 3.8) is 0 Å². The number of halogens is 1. The first-order valence-corrected chi connectivity index (χ1v) is 7.28. The molecule has 4 nitrogen and oxygen atoms in total. The second-order valence-corrected chi connectivity index (χ2v) is 5.51. The number of benzene rings is 1. The molecule has 5 heteroatoms. The van der Waals surface area contributed by atoms with E-state index in [-0.39, 0.29) is 11.9 Å². The number of aliphatic hydroxyl groups excluding tert-OH is 1. The van der Waals surface area contributed by atoms with Gasteiger partial charge in [0.05, 0.1) is 0 Å². The molecule has 1 aliphatic carbocycles. The van der Waals surface area contributed by atoms with E-state index in [1.54, 1.807) is 17.3 Å². The zero-order valence-electron chi connectivity index (χ0n) is 12.0. The van der Waals surface area contributed by atoms with E-state index < -0.39 is 11.9 Å². The van der Waals surface area contributed by atoms with Crippen LogP contribution in [0.3, 0.4) is 0 Å². The van der Waals surface area contributed by atoms with Crippen molar-refractivity contribution in [2.75, 3.05) is 0 Å². The molecule has 2 aromatic rings. The Balaban J connectivity index is 1.76. The number of pyridine rings is 1. The summed E-state index contributed by atoms with van der Waals surface area (Å²) in [6.45, 7) is 0.426. The van der Waals surface area contributed by atoms with E-state index in [9.17, 15) is 14.3 Å². The lowest BCUT2D eigenvalue weighted by atomic mass is 10.1. The van der Waals surface area contributed by atoms with Crippen molar-refractivity contribution in [1.29, 1.82) is 0 Å². The molecular weight excluding hydrogens is 283 g/mol. The van der Waals surface area contributed by atoms with Crippen molar-refractivity contribution < 1.29 is 14.3 Å². The third kappa shape index (κ3) is 3.31. The third-order valence-electron chi connectivity index (χ3n) is 3.77. The Morgan fingerprint density at radius 1 is 1.32 bits per heavy atom. The lowest BCUT2D eigenvalue weighted by Crippen LogP contribution is -2.36. The fourth-order valence-corrected chi connectivity index (χ4v) is 2.41. The van der Waals surface area contributed by atoms with Gasteiger partial charge in [0.2, 0.25) is 0 Å². The first-order chi connectivity index (χ1) is 10.6. The molecule has 0 saturated heterocycles. The van der Waals surface area contributed by atoms with E-state index in [0.29, 0.717) is 12.1 Å². The average molecular weight is 300 g/mol. The number of aromatic nitrogens is 1. The van der Waals surface area contributed by atoms with Crippen LogP contribution in [0.4, 0.5) is 4.39 Å². The van der Waals surface area contributed by atoms with E-state index in [4.69, 9.17) is 0 Å². The summed E-state index contributed by atoms with van der Waals surface area (Å²) in [6, 6.07) is 9.26. The predicted molar refractivity (Wildman–Crippen MR) is 79.2 cm³/mol.